The molecule has 0 atom stereocenters. The van der Waals surface area contributed by atoms with Crippen molar-refractivity contribution in [2.75, 3.05) is 0 Å². The molecule has 0 saturated carbocycles. The van der Waals surface area contributed by atoms with Crippen molar-refractivity contribution in [1.29, 1.82) is 0 Å². The third kappa shape index (κ3) is 3.51. The third-order valence-corrected chi connectivity index (χ3v) is 4.36. The molecular formula is C14H8BrCl3O. The number of ketones is 1. The standard InChI is InChI=1S/C14H8BrCl3O/c15-11-7-9(16)4-5-10(11)13(19)6-8-2-1-3-12(17)14(8)18/h1-5,7H,6H2. The van der Waals surface area contributed by atoms with Gasteiger partial charge in [0, 0.05) is 21.5 Å². The minimum Gasteiger partial charge on any atom is -0.294 e. The van der Waals surface area contributed by atoms with E-state index in [1.54, 1.807) is 36.4 Å². The summed E-state index contributed by atoms with van der Waals surface area (Å²) >= 11 is 21.2. The fraction of sp³-hybridized carbons (Fsp3) is 0.0714. The molecule has 0 aliphatic heterocycles. The molecule has 1 nitrogen and oxygen atoms in total. The van der Waals surface area contributed by atoms with E-state index in [0.29, 0.717) is 30.7 Å². The van der Waals surface area contributed by atoms with Crippen LogP contribution < -0.4 is 0 Å². The van der Waals surface area contributed by atoms with Crippen molar-refractivity contribution in [2.24, 2.45) is 0 Å². The predicted molar refractivity (Wildman–Crippen MR) is 83.6 cm³/mol. The van der Waals surface area contributed by atoms with Gasteiger partial charge in [0.1, 0.15) is 0 Å². The molecule has 0 bridgehead atoms. The van der Waals surface area contributed by atoms with E-state index in [2.05, 4.69) is 15.9 Å². The van der Waals surface area contributed by atoms with Gasteiger partial charge in [0.05, 0.1) is 10.0 Å². The lowest BCUT2D eigenvalue weighted by molar-refractivity contribution is 0.0992. The number of carbonyl (C=O) groups excluding carboxylic acids is 1. The minimum atomic E-state index is -0.0484. The summed E-state index contributed by atoms with van der Waals surface area (Å²) in [5, 5.41) is 1.44. The van der Waals surface area contributed by atoms with Crippen LogP contribution in [-0.4, -0.2) is 5.78 Å². The number of carbonyl (C=O) groups is 1. The summed E-state index contributed by atoms with van der Waals surface area (Å²) in [5.41, 5.74) is 1.28. The van der Waals surface area contributed by atoms with Crippen molar-refractivity contribution in [1.82, 2.24) is 0 Å². The molecule has 0 N–H and O–H groups in total. The molecule has 19 heavy (non-hydrogen) atoms. The molecule has 0 heterocycles. The van der Waals surface area contributed by atoms with Crippen LogP contribution in [0.15, 0.2) is 40.9 Å². The highest BCUT2D eigenvalue weighted by Gasteiger charge is 2.14. The van der Waals surface area contributed by atoms with Crippen LogP contribution in [0.2, 0.25) is 15.1 Å². The van der Waals surface area contributed by atoms with Gasteiger partial charge in [-0.3, -0.25) is 4.79 Å². The molecule has 0 aromatic heterocycles. The molecule has 0 aliphatic carbocycles. The summed E-state index contributed by atoms with van der Waals surface area (Å²) in [6.45, 7) is 0. The number of halogens is 4. The van der Waals surface area contributed by atoms with E-state index in [9.17, 15) is 4.79 Å². The van der Waals surface area contributed by atoms with Crippen molar-refractivity contribution in [3.8, 4) is 0 Å². The molecule has 5 heteroatoms. The summed E-state index contributed by atoms with van der Waals surface area (Å²) in [5.74, 6) is -0.0484. The van der Waals surface area contributed by atoms with Crippen LogP contribution in [0.25, 0.3) is 0 Å². The van der Waals surface area contributed by atoms with E-state index in [-0.39, 0.29) is 12.2 Å². The summed E-state index contributed by atoms with van der Waals surface area (Å²) in [6.07, 6.45) is 0.194. The van der Waals surface area contributed by atoms with Gasteiger partial charge in [0.2, 0.25) is 0 Å². The van der Waals surface area contributed by atoms with Crippen LogP contribution in [-0.2, 0) is 6.42 Å². The van der Waals surface area contributed by atoms with Crippen molar-refractivity contribution >= 4 is 56.5 Å². The number of benzene rings is 2. The third-order valence-electron chi connectivity index (χ3n) is 2.61. The molecule has 0 amide bonds. The predicted octanol–water partition coefficient (Wildman–Crippen LogP) is 5.83. The summed E-state index contributed by atoms with van der Waals surface area (Å²) in [6, 6.07) is 10.3. The van der Waals surface area contributed by atoms with Gasteiger partial charge >= 0.3 is 0 Å². The Morgan fingerprint density at radius 3 is 2.53 bits per heavy atom. The van der Waals surface area contributed by atoms with Crippen LogP contribution >= 0.6 is 50.7 Å². The van der Waals surface area contributed by atoms with E-state index in [0.717, 1.165) is 0 Å². The first-order valence-electron chi connectivity index (χ1n) is 5.40. The van der Waals surface area contributed by atoms with Crippen LogP contribution in [0, 0.1) is 0 Å². The molecular weight excluding hydrogens is 370 g/mol. The average molecular weight is 378 g/mol. The monoisotopic (exact) mass is 376 g/mol. The number of hydrogen-bond acceptors (Lipinski definition) is 1. The first-order chi connectivity index (χ1) is 8.99. The number of hydrogen-bond donors (Lipinski definition) is 0. The quantitative estimate of drug-likeness (QED) is 0.614. The van der Waals surface area contributed by atoms with Crippen LogP contribution in [0.4, 0.5) is 0 Å². The Morgan fingerprint density at radius 2 is 1.84 bits per heavy atom. The Kier molecular flexibility index (Phi) is 4.91. The molecule has 2 aromatic carbocycles. The fourth-order valence-corrected chi connectivity index (χ4v) is 2.96. The van der Waals surface area contributed by atoms with Gasteiger partial charge in [-0.1, -0.05) is 46.9 Å². The van der Waals surface area contributed by atoms with Crippen LogP contribution in [0.1, 0.15) is 15.9 Å². The molecule has 0 unspecified atom stereocenters. The molecule has 0 radical (unpaired) electrons. The van der Waals surface area contributed by atoms with Crippen molar-refractivity contribution < 1.29 is 4.79 Å². The minimum absolute atomic E-state index is 0.0484. The van der Waals surface area contributed by atoms with Crippen molar-refractivity contribution in [3.63, 3.8) is 0 Å². The zero-order chi connectivity index (χ0) is 14.0. The molecule has 0 spiro atoms. The van der Waals surface area contributed by atoms with Gasteiger partial charge in [0.25, 0.3) is 0 Å². The van der Waals surface area contributed by atoms with Crippen LogP contribution in [0.5, 0.6) is 0 Å². The maximum atomic E-state index is 12.2. The van der Waals surface area contributed by atoms with Gasteiger partial charge in [-0.15, -0.1) is 0 Å². The Morgan fingerprint density at radius 1 is 1.11 bits per heavy atom. The van der Waals surface area contributed by atoms with E-state index in [1.807, 2.05) is 0 Å². The molecule has 2 rings (SSSR count). The van der Waals surface area contributed by atoms with Gasteiger partial charge in [-0.25, -0.2) is 0 Å². The highest BCUT2D eigenvalue weighted by Crippen LogP contribution is 2.28. The largest absolute Gasteiger partial charge is 0.294 e. The van der Waals surface area contributed by atoms with E-state index in [1.165, 1.54) is 0 Å². The topological polar surface area (TPSA) is 17.1 Å². The van der Waals surface area contributed by atoms with Crippen molar-refractivity contribution in [3.05, 3.63) is 67.1 Å². The van der Waals surface area contributed by atoms with Gasteiger partial charge in [-0.05, 0) is 45.8 Å². The lowest BCUT2D eigenvalue weighted by Gasteiger charge is -2.07. The maximum absolute atomic E-state index is 12.2. The molecule has 0 aliphatic rings. The highest BCUT2D eigenvalue weighted by atomic mass is 79.9. The van der Waals surface area contributed by atoms with Crippen LogP contribution in [0.3, 0.4) is 0 Å². The lowest BCUT2D eigenvalue weighted by Crippen LogP contribution is -2.05. The van der Waals surface area contributed by atoms with E-state index >= 15 is 0 Å². The Hall–Kier alpha value is -0.540. The van der Waals surface area contributed by atoms with Gasteiger partial charge < -0.3 is 0 Å². The molecule has 0 fully saturated rings. The number of rotatable bonds is 3. The van der Waals surface area contributed by atoms with Gasteiger partial charge in [-0.2, -0.15) is 0 Å². The summed E-state index contributed by atoms with van der Waals surface area (Å²) < 4.78 is 0.670. The average Bonchev–Trinajstić information content (AvgIpc) is 2.34. The summed E-state index contributed by atoms with van der Waals surface area (Å²) in [4.78, 5) is 12.2. The first-order valence-corrected chi connectivity index (χ1v) is 7.33. The smallest absolute Gasteiger partial charge is 0.168 e. The first kappa shape index (κ1) is 14.9. The second-order valence-corrected chi connectivity index (χ2v) is 6.01. The second-order valence-electron chi connectivity index (χ2n) is 3.94. The Bertz CT molecular complexity index is 641. The Labute approximate surface area is 134 Å². The maximum Gasteiger partial charge on any atom is 0.168 e. The van der Waals surface area contributed by atoms with E-state index in [4.69, 9.17) is 34.8 Å². The SMILES string of the molecule is O=C(Cc1cccc(Cl)c1Cl)c1ccc(Cl)cc1Br. The molecule has 2 aromatic rings. The van der Waals surface area contributed by atoms with Gasteiger partial charge in [0.15, 0.2) is 5.78 Å². The van der Waals surface area contributed by atoms with E-state index < -0.39 is 0 Å². The fourth-order valence-electron chi connectivity index (χ4n) is 1.67. The molecule has 98 valence electrons. The Balaban J connectivity index is 2.28. The normalized spacial score (nSPS) is 10.5. The zero-order valence-electron chi connectivity index (χ0n) is 9.59. The highest BCUT2D eigenvalue weighted by molar-refractivity contribution is 9.10. The second kappa shape index (κ2) is 6.27. The zero-order valence-corrected chi connectivity index (χ0v) is 13.4. The lowest BCUT2D eigenvalue weighted by atomic mass is 10.0. The number of Topliss-reactive ketones (excluding diaryl/α,β-unsaturated/α-hetero) is 1. The summed E-state index contributed by atoms with van der Waals surface area (Å²) in [7, 11) is 0. The molecule has 0 saturated heterocycles. The van der Waals surface area contributed by atoms with Crippen molar-refractivity contribution in [2.45, 2.75) is 6.42 Å².